The van der Waals surface area contributed by atoms with Crippen LogP contribution in [0.5, 0.6) is 0 Å². The number of amides is 4. The fourth-order valence-corrected chi connectivity index (χ4v) is 9.17. The van der Waals surface area contributed by atoms with E-state index in [1.165, 1.54) is 127 Å². The van der Waals surface area contributed by atoms with Crippen LogP contribution in [0.3, 0.4) is 0 Å². The number of carbonyl (C=O) groups is 6. The molecule has 4 amide bonds. The Bertz CT molecular complexity index is 1550. The highest BCUT2D eigenvalue weighted by Gasteiger charge is 2.35. The maximum absolute atomic E-state index is 13.6. The van der Waals surface area contributed by atoms with Crippen molar-refractivity contribution in [2.75, 3.05) is 52.6 Å². The average Bonchev–Trinajstić information content (AvgIpc) is 3.47. The van der Waals surface area contributed by atoms with Crippen LogP contribution in [0.4, 0.5) is 0 Å². The van der Waals surface area contributed by atoms with Crippen molar-refractivity contribution in [2.24, 2.45) is 0 Å². The average molecular weight is 1170 g/mol. The van der Waals surface area contributed by atoms with Crippen LogP contribution in [-0.2, 0) is 38.2 Å². The SMILES string of the molecule is CCCCCCCCCCCCCCCCOC(=O)CC[C@H](NC(=O)CCC(=O)N(CCCNC(=O)[C@H](O)[C@@H](O)[C@H](O)[C@@H](O)CO)CCCNC(=O)[C@H](O)[C@@H](O)[C@H](O)[C@@H](O)CO)C(=O)OCCCCCCCCCCCCCCCC. The Kier molecular flexibility index (Phi) is 49.7. The number of hydrogen-bond donors (Lipinski definition) is 13. The van der Waals surface area contributed by atoms with Gasteiger partial charge in [-0.25, -0.2) is 4.79 Å². The van der Waals surface area contributed by atoms with Gasteiger partial charge in [-0.05, 0) is 32.1 Å². The van der Waals surface area contributed by atoms with Gasteiger partial charge in [0.1, 0.15) is 42.7 Å². The molecular weight excluding hydrogens is 1050 g/mol. The first-order valence-corrected chi connectivity index (χ1v) is 31.1. The molecule has 0 saturated heterocycles. The van der Waals surface area contributed by atoms with Crippen LogP contribution in [0.2, 0.25) is 0 Å². The minimum atomic E-state index is -2.20. The molecule has 0 heterocycles. The van der Waals surface area contributed by atoms with E-state index in [9.17, 15) is 69.6 Å². The Labute approximate surface area is 483 Å². The van der Waals surface area contributed by atoms with Crippen LogP contribution in [-0.4, -0.2) is 199 Å². The van der Waals surface area contributed by atoms with Crippen molar-refractivity contribution in [2.45, 2.75) is 287 Å². The molecule has 0 aromatic carbocycles. The van der Waals surface area contributed by atoms with E-state index >= 15 is 0 Å². The third-order valence-electron chi connectivity index (χ3n) is 14.5. The summed E-state index contributed by atoms with van der Waals surface area (Å²) < 4.78 is 11.1. The van der Waals surface area contributed by atoms with Crippen molar-refractivity contribution in [3.8, 4) is 0 Å². The lowest BCUT2D eigenvalue weighted by Gasteiger charge is -2.26. The summed E-state index contributed by atoms with van der Waals surface area (Å²) in [5.74, 6) is -4.75. The largest absolute Gasteiger partial charge is 0.466 e. The second-order valence-corrected chi connectivity index (χ2v) is 21.8. The Morgan fingerprint density at radius 2 is 0.765 bits per heavy atom. The molecule has 0 aliphatic rings. The molecule has 9 atom stereocenters. The van der Waals surface area contributed by atoms with Crippen molar-refractivity contribution < 1.29 is 89.3 Å². The molecule has 0 unspecified atom stereocenters. The molecule has 81 heavy (non-hydrogen) atoms. The highest BCUT2D eigenvalue weighted by atomic mass is 16.5. The number of esters is 2. The molecule has 13 N–H and O–H groups in total. The molecule has 0 aliphatic heterocycles. The van der Waals surface area contributed by atoms with E-state index in [1.54, 1.807) is 0 Å². The van der Waals surface area contributed by atoms with Crippen molar-refractivity contribution >= 4 is 35.6 Å². The summed E-state index contributed by atoms with van der Waals surface area (Å²) in [7, 11) is 0. The Morgan fingerprint density at radius 1 is 0.420 bits per heavy atom. The number of hydrogen-bond acceptors (Lipinski definition) is 18. The lowest BCUT2D eigenvalue weighted by molar-refractivity contribution is -0.150. The molecule has 0 fully saturated rings. The molecule has 22 heteroatoms. The van der Waals surface area contributed by atoms with E-state index < -0.39 is 110 Å². The lowest BCUT2D eigenvalue weighted by Crippen LogP contribution is -2.52. The topological polar surface area (TPSA) is 363 Å². The standard InChI is InChI=1S/C59H112N4O18/c1-3-5-7-9-11-13-15-17-19-21-23-25-27-29-41-80-50(70)36-33-45(59(79)81-42-30-28-26-24-22-20-18-16-14-12-10-8-6-4-2)62-48(68)34-35-49(69)63(39-31-37-60-57(77)55(75)53(73)51(71)46(66)43-64)40-32-38-61-58(78)56(76)54(74)52(72)47(67)44-65/h45-47,51-56,64-67,71-76H,3-44H2,1-2H3,(H,60,77)(H,61,78)(H,62,68)/t45-,46-,47-,51+,52+,53-,54-,55+,56+/m0/s1. The molecule has 0 rings (SSSR count). The van der Waals surface area contributed by atoms with Crippen molar-refractivity contribution in [1.29, 1.82) is 0 Å². The van der Waals surface area contributed by atoms with E-state index in [0.717, 1.165) is 44.9 Å². The Balaban J connectivity index is 5.53. The molecule has 0 aromatic heterocycles. The van der Waals surface area contributed by atoms with E-state index in [1.807, 2.05) is 0 Å². The zero-order chi connectivity index (χ0) is 60.5. The van der Waals surface area contributed by atoms with Gasteiger partial charge < -0.3 is 81.4 Å². The third kappa shape index (κ3) is 40.3. The molecule has 0 radical (unpaired) electrons. The zero-order valence-electron chi connectivity index (χ0n) is 49.6. The summed E-state index contributed by atoms with van der Waals surface area (Å²) in [6, 6.07) is -1.21. The Hall–Kier alpha value is -3.58. The number of aliphatic hydroxyl groups is 10. The van der Waals surface area contributed by atoms with Gasteiger partial charge in [-0.1, -0.05) is 181 Å². The van der Waals surface area contributed by atoms with Gasteiger partial charge in [0, 0.05) is 45.4 Å². The van der Waals surface area contributed by atoms with Gasteiger partial charge in [0.05, 0.1) is 26.4 Å². The van der Waals surface area contributed by atoms with Crippen molar-refractivity contribution in [3.05, 3.63) is 0 Å². The predicted octanol–water partition coefficient (Wildman–Crippen LogP) is 3.79. The predicted molar refractivity (Wildman–Crippen MR) is 307 cm³/mol. The molecular formula is C59H112N4O18. The smallest absolute Gasteiger partial charge is 0.328 e. The summed E-state index contributed by atoms with van der Waals surface area (Å²) >= 11 is 0. The highest BCUT2D eigenvalue weighted by Crippen LogP contribution is 2.16. The maximum Gasteiger partial charge on any atom is 0.328 e. The fourth-order valence-electron chi connectivity index (χ4n) is 9.17. The van der Waals surface area contributed by atoms with Gasteiger partial charge in [0.25, 0.3) is 11.8 Å². The molecule has 0 bridgehead atoms. The number of rotatable bonds is 56. The van der Waals surface area contributed by atoms with Crippen LogP contribution in [0.25, 0.3) is 0 Å². The number of carbonyl (C=O) groups excluding carboxylic acids is 6. The Morgan fingerprint density at radius 3 is 1.12 bits per heavy atom. The minimum absolute atomic E-state index is 0.0410. The number of aliphatic hydroxyl groups excluding tert-OH is 10. The van der Waals surface area contributed by atoms with E-state index in [0.29, 0.717) is 12.8 Å². The molecule has 476 valence electrons. The van der Waals surface area contributed by atoms with Gasteiger partial charge in [-0.3, -0.25) is 24.0 Å². The molecule has 0 spiro atoms. The van der Waals surface area contributed by atoms with Gasteiger partial charge in [0.2, 0.25) is 11.8 Å². The van der Waals surface area contributed by atoms with Crippen LogP contribution >= 0.6 is 0 Å². The maximum atomic E-state index is 13.6. The normalized spacial score (nSPS) is 14.9. The first kappa shape index (κ1) is 77.4. The number of nitrogens with one attached hydrogen (secondary N) is 3. The van der Waals surface area contributed by atoms with Crippen LogP contribution < -0.4 is 16.0 Å². The van der Waals surface area contributed by atoms with Gasteiger partial charge >= 0.3 is 11.9 Å². The fraction of sp³-hybridized carbons (Fsp3) is 0.898. The number of ether oxygens (including phenoxy) is 2. The summed E-state index contributed by atoms with van der Waals surface area (Å²) in [4.78, 5) is 79.6. The second-order valence-electron chi connectivity index (χ2n) is 21.8. The monoisotopic (exact) mass is 1160 g/mol. The number of unbranched alkanes of at least 4 members (excludes halogenated alkanes) is 26. The molecule has 0 saturated carbocycles. The lowest BCUT2D eigenvalue weighted by atomic mass is 10.0. The van der Waals surface area contributed by atoms with Gasteiger partial charge in [-0.2, -0.15) is 0 Å². The van der Waals surface area contributed by atoms with Gasteiger partial charge in [-0.15, -0.1) is 0 Å². The minimum Gasteiger partial charge on any atom is -0.466 e. The van der Waals surface area contributed by atoms with E-state index in [-0.39, 0.29) is 71.5 Å². The summed E-state index contributed by atoms with van der Waals surface area (Å²) in [5.41, 5.74) is 0. The quantitative estimate of drug-likeness (QED) is 0.0304. The van der Waals surface area contributed by atoms with E-state index in [4.69, 9.17) is 19.7 Å². The summed E-state index contributed by atoms with van der Waals surface area (Å²) in [6.07, 6.45) is 15.5. The summed E-state index contributed by atoms with van der Waals surface area (Å²) in [5, 5.41) is 105. The number of nitrogens with zero attached hydrogens (tertiary/aromatic N) is 1. The molecule has 22 nitrogen and oxygen atoms in total. The zero-order valence-corrected chi connectivity index (χ0v) is 49.6. The molecule has 0 aliphatic carbocycles. The first-order valence-electron chi connectivity index (χ1n) is 31.1. The summed E-state index contributed by atoms with van der Waals surface area (Å²) in [6.45, 7) is 2.42. The highest BCUT2D eigenvalue weighted by molar-refractivity contribution is 5.88. The third-order valence-corrected chi connectivity index (χ3v) is 14.5. The second kappa shape index (κ2) is 52.0. The van der Waals surface area contributed by atoms with Crippen LogP contribution in [0.15, 0.2) is 0 Å². The first-order chi connectivity index (χ1) is 39.0. The molecule has 0 aromatic rings. The van der Waals surface area contributed by atoms with Crippen LogP contribution in [0.1, 0.15) is 232 Å². The van der Waals surface area contributed by atoms with E-state index in [2.05, 4.69) is 29.8 Å². The van der Waals surface area contributed by atoms with Gasteiger partial charge in [0.15, 0.2) is 12.2 Å². The van der Waals surface area contributed by atoms with Crippen molar-refractivity contribution in [3.63, 3.8) is 0 Å². The van der Waals surface area contributed by atoms with Crippen LogP contribution in [0, 0.1) is 0 Å². The van der Waals surface area contributed by atoms with Crippen molar-refractivity contribution in [1.82, 2.24) is 20.9 Å².